The van der Waals surface area contributed by atoms with Gasteiger partial charge in [0.15, 0.2) is 5.69 Å². The van der Waals surface area contributed by atoms with Crippen LogP contribution in [0.1, 0.15) is 64.6 Å². The molecule has 1 amide bonds. The second-order valence-electron chi connectivity index (χ2n) is 8.38. The highest BCUT2D eigenvalue weighted by Crippen LogP contribution is 2.34. The van der Waals surface area contributed by atoms with Gasteiger partial charge in [-0.25, -0.2) is 4.79 Å². The first-order valence-corrected chi connectivity index (χ1v) is 11.5. The first kappa shape index (κ1) is 23.7. The predicted octanol–water partition coefficient (Wildman–Crippen LogP) is 2.28. The number of aromatic amines is 1. The molecule has 2 heterocycles. The number of nitrogens with one attached hydrogen (secondary N) is 1. The summed E-state index contributed by atoms with van der Waals surface area (Å²) in [5, 5.41) is 0. The number of hydrogen-bond donors (Lipinski definition) is 2. The first-order valence-electron chi connectivity index (χ1n) is 11.5. The largest absolute Gasteiger partial charge is 0.383 e. The summed E-state index contributed by atoms with van der Waals surface area (Å²) < 4.78 is 1.33. The van der Waals surface area contributed by atoms with Gasteiger partial charge in [0.2, 0.25) is 5.91 Å². The van der Waals surface area contributed by atoms with Crippen molar-refractivity contribution in [3.05, 3.63) is 50.9 Å². The molecule has 0 unspecified atom stereocenters. The summed E-state index contributed by atoms with van der Waals surface area (Å²) in [6.45, 7) is 6.88. The number of nitrogen functional groups attached to an aromatic ring is 1. The van der Waals surface area contributed by atoms with Crippen LogP contribution in [-0.4, -0.2) is 44.5 Å². The average Bonchev–Trinajstić information content (AvgIpc) is 3.62. The van der Waals surface area contributed by atoms with Crippen molar-refractivity contribution in [3.63, 3.8) is 0 Å². The first-order chi connectivity index (χ1) is 15.4. The van der Waals surface area contributed by atoms with Gasteiger partial charge in [-0.05, 0) is 44.7 Å². The standard InChI is InChI=1S/C23H34N6O3/c1-4-6-14-27(20-21(24)28(13-5-2)23(32)26-22(20)31)19(30)15-29(17-10-11-17)16(3)18-9-7-8-12-25-18/h7-9,12,16-17H,4-6,10-11,13-15,24H2,1-3H3,(H,26,31,32)/t16-/m0/s1. The molecule has 0 aromatic carbocycles. The highest BCUT2D eigenvalue weighted by Gasteiger charge is 2.36. The number of hydrogen-bond acceptors (Lipinski definition) is 6. The Morgan fingerprint density at radius 2 is 2.03 bits per heavy atom. The van der Waals surface area contributed by atoms with Crippen molar-refractivity contribution in [1.29, 1.82) is 0 Å². The Morgan fingerprint density at radius 1 is 1.28 bits per heavy atom. The van der Waals surface area contributed by atoms with Gasteiger partial charge in [-0.3, -0.25) is 29.0 Å². The lowest BCUT2D eigenvalue weighted by Crippen LogP contribution is -2.46. The zero-order valence-corrected chi connectivity index (χ0v) is 19.2. The number of aromatic nitrogens is 3. The number of carbonyl (C=O) groups is 1. The molecule has 3 N–H and O–H groups in total. The van der Waals surface area contributed by atoms with Crippen LogP contribution >= 0.6 is 0 Å². The summed E-state index contributed by atoms with van der Waals surface area (Å²) >= 11 is 0. The van der Waals surface area contributed by atoms with Crippen LogP contribution < -0.4 is 21.9 Å². The summed E-state index contributed by atoms with van der Waals surface area (Å²) in [6, 6.07) is 6.05. The number of rotatable bonds is 11. The Bertz CT molecular complexity index is 1030. The lowest BCUT2D eigenvalue weighted by atomic mass is 10.1. The topological polar surface area (TPSA) is 117 Å². The predicted molar refractivity (Wildman–Crippen MR) is 126 cm³/mol. The summed E-state index contributed by atoms with van der Waals surface area (Å²) in [7, 11) is 0. The van der Waals surface area contributed by atoms with Crippen molar-refractivity contribution in [2.45, 2.75) is 71.5 Å². The molecule has 0 bridgehead atoms. The minimum atomic E-state index is -0.625. The molecule has 1 aliphatic carbocycles. The number of nitrogens with zero attached hydrogens (tertiary/aromatic N) is 4. The number of anilines is 2. The van der Waals surface area contributed by atoms with E-state index < -0.39 is 11.2 Å². The highest BCUT2D eigenvalue weighted by atomic mass is 16.2. The van der Waals surface area contributed by atoms with Gasteiger partial charge in [0, 0.05) is 25.3 Å². The molecule has 174 valence electrons. The molecular formula is C23H34N6O3. The molecule has 0 aliphatic heterocycles. The van der Waals surface area contributed by atoms with Crippen molar-refractivity contribution in [2.24, 2.45) is 0 Å². The van der Waals surface area contributed by atoms with E-state index in [1.165, 1.54) is 9.47 Å². The third kappa shape index (κ3) is 5.27. The third-order valence-electron chi connectivity index (χ3n) is 5.91. The fourth-order valence-corrected chi connectivity index (χ4v) is 3.98. The summed E-state index contributed by atoms with van der Waals surface area (Å²) in [6.07, 6.45) is 6.07. The number of amides is 1. The zero-order valence-electron chi connectivity index (χ0n) is 19.2. The van der Waals surface area contributed by atoms with E-state index in [1.807, 2.05) is 39.0 Å². The molecule has 0 radical (unpaired) electrons. The van der Waals surface area contributed by atoms with Crippen molar-refractivity contribution in [3.8, 4) is 0 Å². The molecule has 9 nitrogen and oxygen atoms in total. The second-order valence-corrected chi connectivity index (χ2v) is 8.38. The maximum Gasteiger partial charge on any atom is 0.330 e. The molecule has 1 aliphatic rings. The number of nitrogens with two attached hydrogens (primary N) is 1. The molecular weight excluding hydrogens is 408 g/mol. The van der Waals surface area contributed by atoms with Gasteiger partial charge in [-0.2, -0.15) is 0 Å². The summed E-state index contributed by atoms with van der Waals surface area (Å²) in [4.78, 5) is 48.9. The maximum absolute atomic E-state index is 13.6. The average molecular weight is 443 g/mol. The van der Waals surface area contributed by atoms with Crippen LogP contribution in [0.3, 0.4) is 0 Å². The van der Waals surface area contributed by atoms with E-state index in [1.54, 1.807) is 6.20 Å². The maximum atomic E-state index is 13.6. The Hall–Kier alpha value is -2.94. The normalized spacial score (nSPS) is 14.5. The second kappa shape index (κ2) is 10.6. The summed E-state index contributed by atoms with van der Waals surface area (Å²) in [5.41, 5.74) is 6.06. The van der Waals surface area contributed by atoms with Gasteiger partial charge in [-0.1, -0.05) is 26.3 Å². The molecule has 32 heavy (non-hydrogen) atoms. The smallest absolute Gasteiger partial charge is 0.330 e. The highest BCUT2D eigenvalue weighted by molar-refractivity contribution is 5.96. The molecule has 1 fully saturated rings. The van der Waals surface area contributed by atoms with Gasteiger partial charge in [-0.15, -0.1) is 0 Å². The van der Waals surface area contributed by atoms with E-state index in [9.17, 15) is 14.4 Å². The van der Waals surface area contributed by atoms with E-state index in [0.717, 1.165) is 31.4 Å². The van der Waals surface area contributed by atoms with E-state index in [4.69, 9.17) is 5.73 Å². The van der Waals surface area contributed by atoms with Gasteiger partial charge < -0.3 is 10.6 Å². The molecule has 0 saturated heterocycles. The van der Waals surface area contributed by atoms with Crippen LogP contribution in [0.2, 0.25) is 0 Å². The zero-order chi connectivity index (χ0) is 23.3. The van der Waals surface area contributed by atoms with Crippen molar-refractivity contribution >= 4 is 17.4 Å². The molecule has 2 aromatic heterocycles. The Morgan fingerprint density at radius 3 is 2.62 bits per heavy atom. The fraction of sp³-hybridized carbons (Fsp3) is 0.565. The minimum absolute atomic E-state index is 0.0367. The minimum Gasteiger partial charge on any atom is -0.383 e. The third-order valence-corrected chi connectivity index (χ3v) is 5.91. The van der Waals surface area contributed by atoms with Gasteiger partial charge in [0.1, 0.15) is 5.82 Å². The Kier molecular flexibility index (Phi) is 7.84. The van der Waals surface area contributed by atoms with Crippen LogP contribution in [0.5, 0.6) is 0 Å². The lowest BCUT2D eigenvalue weighted by Gasteiger charge is -2.31. The van der Waals surface area contributed by atoms with Gasteiger partial charge >= 0.3 is 5.69 Å². The van der Waals surface area contributed by atoms with Crippen LogP contribution in [0, 0.1) is 0 Å². The fourth-order valence-electron chi connectivity index (χ4n) is 3.98. The van der Waals surface area contributed by atoms with Crippen LogP contribution in [0.25, 0.3) is 0 Å². The monoisotopic (exact) mass is 442 g/mol. The lowest BCUT2D eigenvalue weighted by molar-refractivity contribution is -0.120. The van der Waals surface area contributed by atoms with Crippen LogP contribution in [0.4, 0.5) is 11.5 Å². The van der Waals surface area contributed by atoms with Gasteiger partial charge in [0.05, 0.1) is 18.3 Å². The summed E-state index contributed by atoms with van der Waals surface area (Å²) in [5.74, 6) is -0.159. The molecule has 1 atom stereocenters. The van der Waals surface area contributed by atoms with Crippen LogP contribution in [-0.2, 0) is 11.3 Å². The number of pyridine rings is 1. The molecule has 1 saturated carbocycles. The van der Waals surface area contributed by atoms with Crippen molar-refractivity contribution < 1.29 is 4.79 Å². The molecule has 3 rings (SSSR count). The van der Waals surface area contributed by atoms with E-state index in [2.05, 4.69) is 14.9 Å². The molecule has 0 spiro atoms. The van der Waals surface area contributed by atoms with Crippen molar-refractivity contribution in [1.82, 2.24) is 19.4 Å². The number of H-pyrrole nitrogens is 1. The van der Waals surface area contributed by atoms with Gasteiger partial charge in [0.25, 0.3) is 5.56 Å². The SMILES string of the molecule is CCCCN(C(=O)CN(C1CC1)[C@@H](C)c1ccccn1)c1c(N)n(CCC)c(=O)[nH]c1=O. The molecule has 9 heteroatoms. The van der Waals surface area contributed by atoms with Crippen molar-refractivity contribution in [2.75, 3.05) is 23.7 Å². The van der Waals surface area contributed by atoms with E-state index in [-0.39, 0.29) is 30.0 Å². The Balaban J connectivity index is 1.94. The van der Waals surface area contributed by atoms with Crippen LogP contribution in [0.15, 0.2) is 34.0 Å². The van der Waals surface area contributed by atoms with E-state index >= 15 is 0 Å². The van der Waals surface area contributed by atoms with E-state index in [0.29, 0.717) is 25.6 Å². The Labute approximate surface area is 188 Å². The molecule has 2 aromatic rings. The number of unbranched alkanes of at least 4 members (excludes halogenated alkanes) is 1. The quantitative estimate of drug-likeness (QED) is 0.551. The number of carbonyl (C=O) groups excluding carboxylic acids is 1.